The lowest BCUT2D eigenvalue weighted by atomic mass is 9.84. The number of hydrogen-bond donors (Lipinski definition) is 2. The van der Waals surface area contributed by atoms with Gasteiger partial charge in [-0.05, 0) is 55.8 Å². The smallest absolute Gasteiger partial charge is 0.0540 e. The summed E-state index contributed by atoms with van der Waals surface area (Å²) >= 11 is 0. The summed E-state index contributed by atoms with van der Waals surface area (Å²) in [4.78, 5) is 0. The normalized spacial score (nSPS) is 18.7. The molecule has 126 valence electrons. The lowest BCUT2D eigenvalue weighted by Gasteiger charge is -2.23. The monoisotopic (exact) mass is 298 g/mol. The number of aliphatic hydroxyl groups is 2. The molecule has 1 saturated carbocycles. The van der Waals surface area contributed by atoms with Crippen molar-refractivity contribution in [3.8, 4) is 0 Å². The van der Waals surface area contributed by atoms with E-state index in [-0.39, 0.29) is 18.1 Å². The molecule has 1 unspecified atom stereocenters. The van der Waals surface area contributed by atoms with Gasteiger partial charge in [-0.1, -0.05) is 52.9 Å². The summed E-state index contributed by atoms with van der Waals surface area (Å²) in [5.41, 5.74) is 0.960. The third-order valence-corrected chi connectivity index (χ3v) is 5.63. The van der Waals surface area contributed by atoms with E-state index in [1.807, 2.05) is 0 Å². The largest absolute Gasteiger partial charge is 0.396 e. The predicted molar refractivity (Wildman–Crippen MR) is 90.4 cm³/mol. The van der Waals surface area contributed by atoms with Crippen molar-refractivity contribution in [2.24, 2.45) is 10.8 Å². The molecular formula is C19H38O2. The minimum absolute atomic E-state index is 0.0947. The van der Waals surface area contributed by atoms with Crippen molar-refractivity contribution in [1.82, 2.24) is 0 Å². The molecule has 0 aromatic heterocycles. The maximum atomic E-state index is 10.0. The molecule has 2 heteroatoms. The first kappa shape index (κ1) is 19.0. The van der Waals surface area contributed by atoms with Gasteiger partial charge in [0.05, 0.1) is 6.10 Å². The Hall–Kier alpha value is -0.0800. The summed E-state index contributed by atoms with van der Waals surface area (Å²) in [6.45, 7) is 7.05. The molecule has 0 aliphatic heterocycles. The minimum atomic E-state index is -0.0947. The Bertz CT molecular complexity index is 269. The summed E-state index contributed by atoms with van der Waals surface area (Å²) in [7, 11) is 0. The van der Waals surface area contributed by atoms with Gasteiger partial charge >= 0.3 is 0 Å². The van der Waals surface area contributed by atoms with Crippen molar-refractivity contribution < 1.29 is 10.2 Å². The molecule has 2 nitrogen and oxygen atoms in total. The molecule has 0 aromatic carbocycles. The third-order valence-electron chi connectivity index (χ3n) is 5.63. The van der Waals surface area contributed by atoms with Crippen LogP contribution < -0.4 is 0 Å². The van der Waals surface area contributed by atoms with Crippen LogP contribution >= 0.6 is 0 Å². The molecular weight excluding hydrogens is 260 g/mol. The maximum absolute atomic E-state index is 10.0. The van der Waals surface area contributed by atoms with Gasteiger partial charge in [0.1, 0.15) is 0 Å². The van der Waals surface area contributed by atoms with E-state index in [2.05, 4.69) is 20.8 Å². The Labute approximate surface area is 132 Å². The third kappa shape index (κ3) is 8.21. The number of rotatable bonds is 13. The summed E-state index contributed by atoms with van der Waals surface area (Å²) in [5.74, 6) is 0. The molecule has 0 saturated heterocycles. The Kier molecular flexibility index (Phi) is 8.26. The van der Waals surface area contributed by atoms with E-state index in [1.54, 1.807) is 0 Å². The van der Waals surface area contributed by atoms with E-state index in [1.165, 1.54) is 44.9 Å². The average Bonchev–Trinajstić information content (AvgIpc) is 3.20. The highest BCUT2D eigenvalue weighted by molar-refractivity contribution is 4.91. The SMILES string of the molecule is CCC1(CCCCC(O)CCCCC(C)(C)CCO)CC1. The van der Waals surface area contributed by atoms with Gasteiger partial charge in [-0.15, -0.1) is 0 Å². The highest BCUT2D eigenvalue weighted by Gasteiger charge is 2.39. The van der Waals surface area contributed by atoms with Crippen LogP contribution in [0.15, 0.2) is 0 Å². The van der Waals surface area contributed by atoms with E-state index < -0.39 is 0 Å². The highest BCUT2D eigenvalue weighted by atomic mass is 16.3. The Balaban J connectivity index is 1.95. The van der Waals surface area contributed by atoms with E-state index >= 15 is 0 Å². The topological polar surface area (TPSA) is 40.5 Å². The van der Waals surface area contributed by atoms with Gasteiger partial charge in [0, 0.05) is 6.61 Å². The van der Waals surface area contributed by atoms with Gasteiger partial charge in [0.25, 0.3) is 0 Å². The number of unbranched alkanes of at least 4 members (excludes halogenated alkanes) is 2. The standard InChI is InChI=1S/C19H38O2/c1-4-19(13-14-19)12-8-6-10-17(21)9-5-7-11-18(2,3)15-16-20/h17,20-21H,4-16H2,1-3H3. The quantitative estimate of drug-likeness (QED) is 0.466. The van der Waals surface area contributed by atoms with Crippen LogP contribution in [-0.4, -0.2) is 22.9 Å². The van der Waals surface area contributed by atoms with Gasteiger partial charge < -0.3 is 10.2 Å². The van der Waals surface area contributed by atoms with Crippen LogP contribution in [0, 0.1) is 10.8 Å². The fraction of sp³-hybridized carbons (Fsp3) is 1.00. The fourth-order valence-electron chi connectivity index (χ4n) is 3.39. The zero-order valence-corrected chi connectivity index (χ0v) is 14.7. The zero-order chi connectivity index (χ0) is 15.8. The molecule has 21 heavy (non-hydrogen) atoms. The maximum Gasteiger partial charge on any atom is 0.0540 e. The summed E-state index contributed by atoms with van der Waals surface area (Å²) < 4.78 is 0. The van der Waals surface area contributed by atoms with E-state index in [4.69, 9.17) is 5.11 Å². The van der Waals surface area contributed by atoms with Crippen LogP contribution in [-0.2, 0) is 0 Å². The lowest BCUT2D eigenvalue weighted by Crippen LogP contribution is -2.13. The molecule has 1 fully saturated rings. The molecule has 1 rings (SSSR count). The van der Waals surface area contributed by atoms with Gasteiger partial charge in [-0.3, -0.25) is 0 Å². The molecule has 0 heterocycles. The first-order valence-corrected chi connectivity index (χ1v) is 9.22. The first-order chi connectivity index (χ1) is 9.93. The van der Waals surface area contributed by atoms with Crippen LogP contribution in [0.1, 0.15) is 97.8 Å². The van der Waals surface area contributed by atoms with Crippen molar-refractivity contribution in [3.63, 3.8) is 0 Å². The Morgan fingerprint density at radius 1 is 1.00 bits per heavy atom. The molecule has 0 amide bonds. The van der Waals surface area contributed by atoms with Gasteiger partial charge in [-0.2, -0.15) is 0 Å². The van der Waals surface area contributed by atoms with Gasteiger partial charge in [-0.25, -0.2) is 0 Å². The Morgan fingerprint density at radius 3 is 2.14 bits per heavy atom. The van der Waals surface area contributed by atoms with Crippen LogP contribution in [0.5, 0.6) is 0 Å². The second kappa shape index (κ2) is 9.15. The van der Waals surface area contributed by atoms with E-state index in [0.29, 0.717) is 5.41 Å². The Morgan fingerprint density at radius 2 is 1.62 bits per heavy atom. The van der Waals surface area contributed by atoms with E-state index in [0.717, 1.165) is 32.1 Å². The molecule has 1 aliphatic carbocycles. The predicted octanol–water partition coefficient (Wildman–Crippen LogP) is 5.07. The van der Waals surface area contributed by atoms with Crippen LogP contribution in [0.2, 0.25) is 0 Å². The molecule has 0 aromatic rings. The van der Waals surface area contributed by atoms with Gasteiger partial charge in [0.2, 0.25) is 0 Å². The summed E-state index contributed by atoms with van der Waals surface area (Å²) in [6, 6.07) is 0. The molecule has 1 aliphatic rings. The molecule has 0 spiro atoms. The highest BCUT2D eigenvalue weighted by Crippen LogP contribution is 2.52. The zero-order valence-electron chi connectivity index (χ0n) is 14.7. The van der Waals surface area contributed by atoms with E-state index in [9.17, 15) is 5.11 Å². The molecule has 0 bridgehead atoms. The molecule has 2 N–H and O–H groups in total. The van der Waals surface area contributed by atoms with Gasteiger partial charge in [0.15, 0.2) is 0 Å². The first-order valence-electron chi connectivity index (χ1n) is 9.22. The van der Waals surface area contributed by atoms with Crippen LogP contribution in [0.4, 0.5) is 0 Å². The summed E-state index contributed by atoms with van der Waals surface area (Å²) in [6.07, 6.45) is 14.3. The average molecular weight is 299 g/mol. The lowest BCUT2D eigenvalue weighted by molar-refractivity contribution is 0.142. The van der Waals surface area contributed by atoms with Crippen LogP contribution in [0.3, 0.4) is 0 Å². The number of aliphatic hydroxyl groups excluding tert-OH is 2. The fourth-order valence-corrected chi connectivity index (χ4v) is 3.39. The van der Waals surface area contributed by atoms with Crippen molar-refractivity contribution in [2.45, 2.75) is 104 Å². The van der Waals surface area contributed by atoms with Crippen molar-refractivity contribution in [1.29, 1.82) is 0 Å². The second-order valence-corrected chi connectivity index (χ2v) is 8.14. The van der Waals surface area contributed by atoms with Crippen LogP contribution in [0.25, 0.3) is 0 Å². The second-order valence-electron chi connectivity index (χ2n) is 8.14. The number of hydrogen-bond acceptors (Lipinski definition) is 2. The van der Waals surface area contributed by atoms with Crippen molar-refractivity contribution in [2.75, 3.05) is 6.61 Å². The molecule has 1 atom stereocenters. The molecule has 0 radical (unpaired) electrons. The van der Waals surface area contributed by atoms with Crippen molar-refractivity contribution >= 4 is 0 Å². The minimum Gasteiger partial charge on any atom is -0.396 e. The van der Waals surface area contributed by atoms with Crippen molar-refractivity contribution in [3.05, 3.63) is 0 Å². The summed E-state index contributed by atoms with van der Waals surface area (Å²) in [5, 5.41) is 19.1.